The molecule has 0 radical (unpaired) electrons. The zero-order valence-corrected chi connectivity index (χ0v) is 9.88. The summed E-state index contributed by atoms with van der Waals surface area (Å²) in [6.45, 7) is 3.21. The molecule has 0 saturated carbocycles. The summed E-state index contributed by atoms with van der Waals surface area (Å²) in [4.78, 5) is 14.3. The molecule has 1 aromatic heterocycles. The maximum Gasteiger partial charge on any atom is 0.313 e. The number of rotatable bonds is 4. The molecule has 0 spiro atoms. The largest absolute Gasteiger partial charge is 0.501 e. The number of hydrogen-bond donors (Lipinski definition) is 2. The molecule has 0 fully saturated rings. The Bertz CT molecular complexity index is 598. The van der Waals surface area contributed by atoms with E-state index in [-0.39, 0.29) is 17.0 Å². The van der Waals surface area contributed by atoms with E-state index in [9.17, 15) is 15.2 Å². The standard InChI is InChI=1S/C12H13N3O3/c1-2-13-7-8-6-10(15(17)18)12(16)11-9(8)4-3-5-14-11/h3-6,13,16H,2,7H2,1H3. The quantitative estimate of drug-likeness (QED) is 0.636. The van der Waals surface area contributed by atoms with E-state index in [1.54, 1.807) is 12.1 Å². The number of fused-ring (bicyclic) bond motifs is 1. The minimum Gasteiger partial charge on any atom is -0.501 e. The first-order valence-electron chi connectivity index (χ1n) is 5.59. The maximum absolute atomic E-state index is 10.9. The lowest BCUT2D eigenvalue weighted by Gasteiger charge is -2.08. The van der Waals surface area contributed by atoms with Crippen LogP contribution in [0.4, 0.5) is 5.69 Å². The van der Waals surface area contributed by atoms with Crippen LogP contribution in [0.5, 0.6) is 5.75 Å². The SMILES string of the molecule is CCNCc1cc([N+](=O)[O-])c(O)c2ncccc12. The number of nitrogens with zero attached hydrogens (tertiary/aromatic N) is 2. The number of nitro benzene ring substituents is 1. The van der Waals surface area contributed by atoms with Gasteiger partial charge in [-0.2, -0.15) is 0 Å². The topological polar surface area (TPSA) is 88.3 Å². The zero-order valence-electron chi connectivity index (χ0n) is 9.88. The summed E-state index contributed by atoms with van der Waals surface area (Å²) in [6, 6.07) is 4.92. The first-order chi connectivity index (χ1) is 8.65. The van der Waals surface area contributed by atoms with E-state index in [2.05, 4.69) is 10.3 Å². The first kappa shape index (κ1) is 12.3. The summed E-state index contributed by atoms with van der Waals surface area (Å²) in [5.41, 5.74) is 0.707. The molecule has 1 aromatic carbocycles. The Morgan fingerprint density at radius 3 is 3.00 bits per heavy atom. The van der Waals surface area contributed by atoms with Crippen LogP contribution in [0.25, 0.3) is 10.9 Å². The van der Waals surface area contributed by atoms with Crippen molar-refractivity contribution >= 4 is 16.6 Å². The van der Waals surface area contributed by atoms with Crippen molar-refractivity contribution in [1.29, 1.82) is 0 Å². The van der Waals surface area contributed by atoms with Gasteiger partial charge in [0.25, 0.3) is 0 Å². The number of pyridine rings is 1. The number of hydrogen-bond acceptors (Lipinski definition) is 5. The van der Waals surface area contributed by atoms with Gasteiger partial charge in [-0.05, 0) is 18.2 Å². The van der Waals surface area contributed by atoms with Crippen molar-refractivity contribution in [1.82, 2.24) is 10.3 Å². The lowest BCUT2D eigenvalue weighted by molar-refractivity contribution is -0.385. The van der Waals surface area contributed by atoms with Gasteiger partial charge < -0.3 is 10.4 Å². The first-order valence-corrected chi connectivity index (χ1v) is 5.59. The van der Waals surface area contributed by atoms with Gasteiger partial charge in [-0.15, -0.1) is 0 Å². The monoisotopic (exact) mass is 247 g/mol. The highest BCUT2D eigenvalue weighted by molar-refractivity contribution is 5.90. The molecular formula is C12H13N3O3. The Labute approximate surface area is 103 Å². The van der Waals surface area contributed by atoms with Crippen LogP contribution in [0.2, 0.25) is 0 Å². The number of phenols is 1. The smallest absolute Gasteiger partial charge is 0.313 e. The van der Waals surface area contributed by atoms with Gasteiger partial charge in [0.2, 0.25) is 5.75 Å². The van der Waals surface area contributed by atoms with Crippen molar-refractivity contribution in [3.8, 4) is 5.75 Å². The number of nitro groups is 1. The van der Waals surface area contributed by atoms with Crippen LogP contribution in [0.1, 0.15) is 12.5 Å². The molecule has 0 aliphatic rings. The number of benzene rings is 1. The second-order valence-corrected chi connectivity index (χ2v) is 3.84. The predicted molar refractivity (Wildman–Crippen MR) is 67.4 cm³/mol. The van der Waals surface area contributed by atoms with Crippen LogP contribution in [-0.2, 0) is 6.54 Å². The van der Waals surface area contributed by atoms with Gasteiger partial charge in [0, 0.05) is 24.2 Å². The summed E-state index contributed by atoms with van der Waals surface area (Å²) in [5.74, 6) is -0.379. The minimum absolute atomic E-state index is 0.264. The third kappa shape index (κ3) is 2.10. The van der Waals surface area contributed by atoms with Gasteiger partial charge >= 0.3 is 5.69 Å². The van der Waals surface area contributed by atoms with E-state index in [0.29, 0.717) is 6.54 Å². The summed E-state index contributed by atoms with van der Waals surface area (Å²) >= 11 is 0. The average Bonchev–Trinajstić information content (AvgIpc) is 2.38. The van der Waals surface area contributed by atoms with Crippen LogP contribution in [-0.4, -0.2) is 21.6 Å². The van der Waals surface area contributed by atoms with Gasteiger partial charge in [0.05, 0.1) is 4.92 Å². The fourth-order valence-electron chi connectivity index (χ4n) is 1.83. The third-order valence-electron chi connectivity index (χ3n) is 2.69. The van der Waals surface area contributed by atoms with Crippen LogP contribution in [0, 0.1) is 10.1 Å². The molecule has 1 heterocycles. The van der Waals surface area contributed by atoms with E-state index in [1.807, 2.05) is 6.92 Å². The van der Waals surface area contributed by atoms with E-state index in [1.165, 1.54) is 12.3 Å². The molecule has 2 rings (SSSR count). The highest BCUT2D eigenvalue weighted by Crippen LogP contribution is 2.35. The molecular weight excluding hydrogens is 234 g/mol. The number of aromatic hydroxyl groups is 1. The molecule has 0 aliphatic carbocycles. The van der Waals surface area contributed by atoms with Gasteiger partial charge in [-0.25, -0.2) is 0 Å². The van der Waals surface area contributed by atoms with E-state index in [4.69, 9.17) is 0 Å². The molecule has 0 unspecified atom stereocenters. The van der Waals surface area contributed by atoms with E-state index in [0.717, 1.165) is 17.5 Å². The normalized spacial score (nSPS) is 10.7. The van der Waals surface area contributed by atoms with Crippen molar-refractivity contribution in [3.05, 3.63) is 40.1 Å². The van der Waals surface area contributed by atoms with Crippen LogP contribution in [0.15, 0.2) is 24.4 Å². The number of phenolic OH excluding ortho intramolecular Hbond substituents is 1. The van der Waals surface area contributed by atoms with Crippen molar-refractivity contribution in [3.63, 3.8) is 0 Å². The van der Waals surface area contributed by atoms with Gasteiger partial charge in [0.15, 0.2) is 0 Å². The predicted octanol–water partition coefficient (Wildman–Crippen LogP) is 1.96. The molecule has 18 heavy (non-hydrogen) atoms. The van der Waals surface area contributed by atoms with Gasteiger partial charge in [-0.1, -0.05) is 13.0 Å². The highest BCUT2D eigenvalue weighted by Gasteiger charge is 2.19. The molecule has 0 aliphatic heterocycles. The average molecular weight is 247 g/mol. The Morgan fingerprint density at radius 1 is 1.56 bits per heavy atom. The van der Waals surface area contributed by atoms with Crippen LogP contribution in [0.3, 0.4) is 0 Å². The van der Waals surface area contributed by atoms with Crippen molar-refractivity contribution in [2.75, 3.05) is 6.54 Å². The molecule has 0 saturated heterocycles. The third-order valence-corrected chi connectivity index (χ3v) is 2.69. The molecule has 94 valence electrons. The summed E-state index contributed by atoms with van der Waals surface area (Å²) in [7, 11) is 0. The molecule has 0 atom stereocenters. The summed E-state index contributed by atoms with van der Waals surface area (Å²) in [5, 5.41) is 24.6. The number of nitrogens with one attached hydrogen (secondary N) is 1. The summed E-state index contributed by atoms with van der Waals surface area (Å²) < 4.78 is 0. The van der Waals surface area contributed by atoms with Crippen LogP contribution >= 0.6 is 0 Å². The highest BCUT2D eigenvalue weighted by atomic mass is 16.6. The Balaban J connectivity index is 2.67. The summed E-state index contributed by atoms with van der Waals surface area (Å²) in [6.07, 6.45) is 1.50. The minimum atomic E-state index is -0.598. The fraction of sp³-hybridized carbons (Fsp3) is 0.250. The van der Waals surface area contributed by atoms with E-state index >= 15 is 0 Å². The van der Waals surface area contributed by atoms with E-state index < -0.39 is 4.92 Å². The second-order valence-electron chi connectivity index (χ2n) is 3.84. The second kappa shape index (κ2) is 4.97. The molecule has 2 N–H and O–H groups in total. The van der Waals surface area contributed by atoms with Crippen molar-refractivity contribution < 1.29 is 10.0 Å². The molecule has 0 bridgehead atoms. The Kier molecular flexibility index (Phi) is 3.38. The fourth-order valence-corrected chi connectivity index (χ4v) is 1.83. The van der Waals surface area contributed by atoms with Crippen molar-refractivity contribution in [2.45, 2.75) is 13.5 Å². The Hall–Kier alpha value is -2.21. The van der Waals surface area contributed by atoms with Gasteiger partial charge in [-0.3, -0.25) is 15.1 Å². The molecule has 6 nitrogen and oxygen atoms in total. The lowest BCUT2D eigenvalue weighted by Crippen LogP contribution is -2.12. The van der Waals surface area contributed by atoms with Gasteiger partial charge in [0.1, 0.15) is 5.52 Å². The lowest BCUT2D eigenvalue weighted by atomic mass is 10.1. The molecule has 0 amide bonds. The Morgan fingerprint density at radius 2 is 2.33 bits per heavy atom. The van der Waals surface area contributed by atoms with Crippen LogP contribution < -0.4 is 5.32 Å². The molecule has 6 heteroatoms. The maximum atomic E-state index is 10.9. The zero-order chi connectivity index (χ0) is 13.1. The molecule has 2 aromatic rings. The number of aromatic nitrogens is 1. The van der Waals surface area contributed by atoms with Crippen molar-refractivity contribution in [2.24, 2.45) is 0 Å².